The largest absolute Gasteiger partial charge is 0.379 e. The first-order valence-corrected chi connectivity index (χ1v) is 7.06. The molecule has 0 spiro atoms. The van der Waals surface area contributed by atoms with Gasteiger partial charge in [0.25, 0.3) is 0 Å². The third kappa shape index (κ3) is 8.96. The molecule has 0 bridgehead atoms. The first-order valence-electron chi connectivity index (χ1n) is 7.06. The lowest BCUT2D eigenvalue weighted by molar-refractivity contribution is -0.119. The van der Waals surface area contributed by atoms with Gasteiger partial charge in [0, 0.05) is 5.70 Å². The van der Waals surface area contributed by atoms with Crippen LogP contribution in [0.15, 0.2) is 12.3 Å². The van der Waals surface area contributed by atoms with Crippen LogP contribution in [0.1, 0.15) is 72.1 Å². The number of Topliss-reactive ketones (excluding diaryl/α,β-unsaturated/α-hetero) is 1. The molecule has 0 heterocycles. The van der Waals surface area contributed by atoms with Crippen molar-refractivity contribution >= 4 is 5.78 Å². The second kappa shape index (κ2) is 10.4. The minimum atomic E-state index is -0.0179. The number of allylic oxidation sites excluding steroid dienone is 1. The second-order valence-electron chi connectivity index (χ2n) is 4.86. The molecule has 1 N–H and O–H groups in total. The van der Waals surface area contributed by atoms with Crippen molar-refractivity contribution in [1.29, 1.82) is 0 Å². The summed E-state index contributed by atoms with van der Waals surface area (Å²) in [6.45, 7) is 10.1. The van der Waals surface area contributed by atoms with E-state index >= 15 is 0 Å². The monoisotopic (exact) mass is 239 g/mol. The van der Waals surface area contributed by atoms with E-state index in [2.05, 4.69) is 25.7 Å². The van der Waals surface area contributed by atoms with Gasteiger partial charge >= 0.3 is 0 Å². The van der Waals surface area contributed by atoms with Crippen LogP contribution in [-0.4, -0.2) is 11.8 Å². The van der Waals surface area contributed by atoms with Crippen LogP contribution < -0.4 is 5.32 Å². The second-order valence-corrected chi connectivity index (χ2v) is 4.86. The summed E-state index contributed by atoms with van der Waals surface area (Å²) in [5.41, 5.74) is 1.02. The zero-order valence-electron chi connectivity index (χ0n) is 11.8. The summed E-state index contributed by atoms with van der Waals surface area (Å²) in [6, 6.07) is -0.0179. The number of carbonyl (C=O) groups excluding carboxylic acids is 1. The van der Waals surface area contributed by atoms with Gasteiger partial charge < -0.3 is 5.32 Å². The van der Waals surface area contributed by atoms with E-state index in [0.717, 1.165) is 25.0 Å². The van der Waals surface area contributed by atoms with Gasteiger partial charge in [-0.1, -0.05) is 52.5 Å². The molecule has 0 rings (SSSR count). The van der Waals surface area contributed by atoms with E-state index in [1.54, 1.807) is 6.92 Å². The van der Waals surface area contributed by atoms with E-state index < -0.39 is 0 Å². The van der Waals surface area contributed by atoms with Gasteiger partial charge in [-0.05, 0) is 26.2 Å². The summed E-state index contributed by atoms with van der Waals surface area (Å²) in [4.78, 5) is 11.5. The maximum absolute atomic E-state index is 11.5. The van der Waals surface area contributed by atoms with Gasteiger partial charge in [0.1, 0.15) is 0 Å². The third-order valence-corrected chi connectivity index (χ3v) is 3.05. The molecule has 0 aliphatic heterocycles. The average Bonchev–Trinajstić information content (AvgIpc) is 2.28. The van der Waals surface area contributed by atoms with Gasteiger partial charge in [0.15, 0.2) is 5.78 Å². The lowest BCUT2D eigenvalue weighted by Crippen LogP contribution is -2.34. The fraction of sp³-hybridized carbons (Fsp3) is 0.800. The zero-order valence-corrected chi connectivity index (χ0v) is 11.8. The lowest BCUT2D eigenvalue weighted by atomic mass is 10.0. The van der Waals surface area contributed by atoms with Gasteiger partial charge in [-0.2, -0.15) is 0 Å². The number of unbranched alkanes of at least 4 members (excludes halogenated alkanes) is 4. The molecule has 0 radical (unpaired) electrons. The van der Waals surface area contributed by atoms with Gasteiger partial charge in [0.05, 0.1) is 6.04 Å². The Kier molecular flexibility index (Phi) is 9.89. The number of rotatable bonds is 11. The van der Waals surface area contributed by atoms with Crippen LogP contribution in [0.5, 0.6) is 0 Å². The van der Waals surface area contributed by atoms with Crippen molar-refractivity contribution in [2.24, 2.45) is 0 Å². The van der Waals surface area contributed by atoms with Crippen LogP contribution in [0.25, 0.3) is 0 Å². The van der Waals surface area contributed by atoms with E-state index in [1.807, 2.05) is 0 Å². The lowest BCUT2D eigenvalue weighted by Gasteiger charge is -2.18. The van der Waals surface area contributed by atoms with Gasteiger partial charge in [-0.25, -0.2) is 0 Å². The Morgan fingerprint density at radius 2 is 1.71 bits per heavy atom. The van der Waals surface area contributed by atoms with Crippen LogP contribution in [-0.2, 0) is 4.79 Å². The molecule has 0 unspecified atom stereocenters. The molecule has 2 nitrogen and oxygen atoms in total. The van der Waals surface area contributed by atoms with E-state index in [9.17, 15) is 4.79 Å². The van der Waals surface area contributed by atoms with Crippen molar-refractivity contribution in [3.8, 4) is 0 Å². The van der Waals surface area contributed by atoms with E-state index in [0.29, 0.717) is 0 Å². The average molecular weight is 239 g/mol. The number of nitrogens with one attached hydrogen (secondary N) is 1. The minimum Gasteiger partial charge on any atom is -0.379 e. The number of ketones is 1. The quantitative estimate of drug-likeness (QED) is 0.547. The summed E-state index contributed by atoms with van der Waals surface area (Å²) in [6.07, 6.45) is 9.08. The molecule has 100 valence electrons. The molecule has 1 atom stereocenters. The Balaban J connectivity index is 3.89. The first kappa shape index (κ1) is 16.2. The Morgan fingerprint density at radius 3 is 2.24 bits per heavy atom. The molecule has 0 saturated heterocycles. The zero-order chi connectivity index (χ0) is 13.1. The number of hydrogen-bond donors (Lipinski definition) is 1. The Bertz CT molecular complexity index is 223. The molecule has 0 aliphatic carbocycles. The predicted octanol–water partition coefficient (Wildman–Crippen LogP) is 4.21. The summed E-state index contributed by atoms with van der Waals surface area (Å²) in [7, 11) is 0. The van der Waals surface area contributed by atoms with Gasteiger partial charge in [0.2, 0.25) is 0 Å². The van der Waals surface area contributed by atoms with Gasteiger partial charge in [-0.15, -0.1) is 0 Å². The summed E-state index contributed by atoms with van der Waals surface area (Å²) in [5, 5.41) is 3.29. The SMILES string of the molecule is C=C(CCCCC)N[C@H](CCCCC)C(C)=O. The van der Waals surface area contributed by atoms with E-state index in [4.69, 9.17) is 0 Å². The summed E-state index contributed by atoms with van der Waals surface area (Å²) in [5.74, 6) is 0.234. The molecule has 0 aliphatic rings. The highest BCUT2D eigenvalue weighted by Gasteiger charge is 2.13. The molecule has 0 aromatic carbocycles. The van der Waals surface area contributed by atoms with Crippen molar-refractivity contribution in [2.45, 2.75) is 78.2 Å². The van der Waals surface area contributed by atoms with Crippen molar-refractivity contribution in [1.82, 2.24) is 5.32 Å². The highest BCUT2D eigenvalue weighted by Crippen LogP contribution is 2.09. The van der Waals surface area contributed by atoms with Crippen molar-refractivity contribution in [2.75, 3.05) is 0 Å². The molecule has 0 aromatic heterocycles. The van der Waals surface area contributed by atoms with Crippen LogP contribution in [0.2, 0.25) is 0 Å². The molecular weight excluding hydrogens is 210 g/mol. The normalized spacial score (nSPS) is 12.2. The third-order valence-electron chi connectivity index (χ3n) is 3.05. The highest BCUT2D eigenvalue weighted by molar-refractivity contribution is 5.81. The van der Waals surface area contributed by atoms with Crippen molar-refractivity contribution < 1.29 is 4.79 Å². The van der Waals surface area contributed by atoms with Crippen LogP contribution in [0.3, 0.4) is 0 Å². The minimum absolute atomic E-state index is 0.0179. The highest BCUT2D eigenvalue weighted by atomic mass is 16.1. The predicted molar refractivity (Wildman–Crippen MR) is 75.0 cm³/mol. The standard InChI is InChI=1S/C15H29NO/c1-5-7-9-11-13(3)16-15(14(4)17)12-10-8-6-2/h15-16H,3,5-12H2,1-2,4H3/t15-/m1/s1. The van der Waals surface area contributed by atoms with Gasteiger partial charge in [-0.3, -0.25) is 4.79 Å². The molecule has 0 fully saturated rings. The van der Waals surface area contributed by atoms with Crippen LogP contribution in [0.4, 0.5) is 0 Å². The number of hydrogen-bond acceptors (Lipinski definition) is 2. The van der Waals surface area contributed by atoms with Crippen LogP contribution in [0, 0.1) is 0 Å². The van der Waals surface area contributed by atoms with Crippen molar-refractivity contribution in [3.63, 3.8) is 0 Å². The summed E-state index contributed by atoms with van der Waals surface area (Å²) >= 11 is 0. The maximum Gasteiger partial charge on any atom is 0.151 e. The Labute approximate surface area is 107 Å². The first-order chi connectivity index (χ1) is 8.11. The van der Waals surface area contributed by atoms with Crippen LogP contribution >= 0.6 is 0 Å². The van der Waals surface area contributed by atoms with Crippen molar-refractivity contribution in [3.05, 3.63) is 12.3 Å². The smallest absolute Gasteiger partial charge is 0.151 e. The molecule has 0 amide bonds. The van der Waals surface area contributed by atoms with E-state index in [1.165, 1.54) is 32.1 Å². The Morgan fingerprint density at radius 1 is 1.12 bits per heavy atom. The summed E-state index contributed by atoms with van der Waals surface area (Å²) < 4.78 is 0. The molecule has 0 saturated carbocycles. The van der Waals surface area contributed by atoms with E-state index in [-0.39, 0.29) is 11.8 Å². The molecule has 2 heteroatoms. The number of carbonyl (C=O) groups is 1. The molecular formula is C15H29NO. The Hall–Kier alpha value is -0.790. The fourth-order valence-corrected chi connectivity index (χ4v) is 1.88. The molecule has 17 heavy (non-hydrogen) atoms. The maximum atomic E-state index is 11.5. The topological polar surface area (TPSA) is 29.1 Å². The fourth-order valence-electron chi connectivity index (χ4n) is 1.88. The molecule has 0 aromatic rings.